The Kier molecular flexibility index (Phi) is 5.49. The number of benzene rings is 2. The van der Waals surface area contributed by atoms with Gasteiger partial charge in [0.25, 0.3) is 5.71 Å². The molecule has 0 bridgehead atoms. The molecule has 3 rings (SSSR count). The molecule has 142 valence electrons. The lowest BCUT2D eigenvalue weighted by atomic mass is 9.86. The zero-order valence-corrected chi connectivity index (χ0v) is 15.4. The SMILES string of the molecule is CCOC(=O)C1O[N+]([O-])=C(c2ccc(OC)cc2)C1c1ccc(OC)cc1. The maximum atomic E-state index is 12.5. The standard InChI is InChI=1S/C20H21NO6/c1-4-26-20(22)19-17(13-5-9-15(24-2)10-6-13)18(21(23)27-19)14-7-11-16(25-3)12-8-14/h5-12,17,19H,4H2,1-3H3. The number of rotatable bonds is 6. The maximum Gasteiger partial charge on any atom is 0.326 e. The summed E-state index contributed by atoms with van der Waals surface area (Å²) in [6, 6.07) is 14.2. The molecule has 1 heterocycles. The van der Waals surface area contributed by atoms with Gasteiger partial charge in [-0.1, -0.05) is 12.1 Å². The number of nitrogens with zero attached hydrogens (tertiary/aromatic N) is 1. The molecular weight excluding hydrogens is 350 g/mol. The molecule has 0 saturated heterocycles. The van der Waals surface area contributed by atoms with Gasteiger partial charge in [0.2, 0.25) is 0 Å². The van der Waals surface area contributed by atoms with Crippen molar-refractivity contribution in [3.63, 3.8) is 0 Å². The molecule has 0 aromatic heterocycles. The molecule has 0 aliphatic carbocycles. The molecule has 0 saturated carbocycles. The van der Waals surface area contributed by atoms with E-state index in [1.165, 1.54) is 0 Å². The van der Waals surface area contributed by atoms with E-state index in [1.807, 2.05) is 12.1 Å². The smallest absolute Gasteiger partial charge is 0.326 e. The van der Waals surface area contributed by atoms with Crippen molar-refractivity contribution >= 4 is 11.7 Å². The number of methoxy groups -OCH3 is 2. The fraction of sp³-hybridized carbons (Fsp3) is 0.300. The summed E-state index contributed by atoms with van der Waals surface area (Å²) >= 11 is 0. The van der Waals surface area contributed by atoms with Gasteiger partial charge < -0.3 is 19.0 Å². The van der Waals surface area contributed by atoms with E-state index in [2.05, 4.69) is 0 Å². The average molecular weight is 371 g/mol. The van der Waals surface area contributed by atoms with E-state index < -0.39 is 18.0 Å². The molecule has 2 aromatic carbocycles. The van der Waals surface area contributed by atoms with Gasteiger partial charge in [0, 0.05) is 10.5 Å². The minimum Gasteiger partial charge on any atom is -0.497 e. The average Bonchev–Trinajstić information content (AvgIpc) is 3.05. The maximum absolute atomic E-state index is 12.5. The topological polar surface area (TPSA) is 80.1 Å². The molecule has 2 unspecified atom stereocenters. The Labute approximate surface area is 157 Å². The van der Waals surface area contributed by atoms with Gasteiger partial charge in [-0.25, -0.2) is 0 Å². The summed E-state index contributed by atoms with van der Waals surface area (Å²) < 4.78 is 15.5. The van der Waals surface area contributed by atoms with Crippen LogP contribution in [0.5, 0.6) is 11.5 Å². The first-order valence-electron chi connectivity index (χ1n) is 8.55. The first-order valence-corrected chi connectivity index (χ1v) is 8.55. The van der Waals surface area contributed by atoms with E-state index in [1.54, 1.807) is 57.5 Å². The predicted molar refractivity (Wildman–Crippen MR) is 98.0 cm³/mol. The third kappa shape index (κ3) is 3.67. The van der Waals surface area contributed by atoms with Crippen molar-refractivity contribution in [3.05, 3.63) is 64.9 Å². The molecule has 0 fully saturated rings. The van der Waals surface area contributed by atoms with Crippen LogP contribution in [0.3, 0.4) is 0 Å². The Morgan fingerprint density at radius 3 is 2.11 bits per heavy atom. The van der Waals surface area contributed by atoms with Crippen molar-refractivity contribution in [1.82, 2.24) is 0 Å². The third-order valence-corrected chi connectivity index (χ3v) is 4.38. The first kappa shape index (κ1) is 18.6. The Morgan fingerprint density at radius 2 is 1.59 bits per heavy atom. The van der Waals surface area contributed by atoms with Gasteiger partial charge >= 0.3 is 5.97 Å². The normalized spacial score (nSPS) is 18.8. The second-order valence-corrected chi connectivity index (χ2v) is 5.90. The van der Waals surface area contributed by atoms with E-state index >= 15 is 0 Å². The number of ether oxygens (including phenoxy) is 3. The van der Waals surface area contributed by atoms with Gasteiger partial charge in [-0.3, -0.25) is 10.0 Å². The first-order chi connectivity index (χ1) is 13.1. The van der Waals surface area contributed by atoms with Crippen molar-refractivity contribution in [2.24, 2.45) is 0 Å². The molecule has 7 heteroatoms. The van der Waals surface area contributed by atoms with Crippen LogP contribution in [0.4, 0.5) is 0 Å². The summed E-state index contributed by atoms with van der Waals surface area (Å²) in [4.78, 5) is 18.1. The summed E-state index contributed by atoms with van der Waals surface area (Å²) in [6.45, 7) is 1.91. The van der Waals surface area contributed by atoms with Crippen LogP contribution in [0, 0.1) is 5.21 Å². The van der Waals surface area contributed by atoms with E-state index in [9.17, 15) is 10.0 Å². The van der Waals surface area contributed by atoms with Crippen LogP contribution in [0.25, 0.3) is 0 Å². The largest absolute Gasteiger partial charge is 0.497 e. The summed E-state index contributed by atoms with van der Waals surface area (Å²) in [5, 5.41) is 12.5. The number of carbonyl (C=O) groups excluding carboxylic acids is 1. The molecule has 1 aliphatic heterocycles. The molecule has 1 aliphatic rings. The van der Waals surface area contributed by atoms with Crippen molar-refractivity contribution in [3.8, 4) is 11.5 Å². The lowest BCUT2D eigenvalue weighted by molar-refractivity contribution is -0.737. The molecule has 2 atom stereocenters. The van der Waals surface area contributed by atoms with E-state index in [0.29, 0.717) is 27.7 Å². The summed E-state index contributed by atoms with van der Waals surface area (Å²) in [5.41, 5.74) is 1.72. The molecule has 2 aromatic rings. The lowest BCUT2D eigenvalue weighted by Gasteiger charge is -2.18. The molecule has 0 spiro atoms. The molecule has 7 nitrogen and oxygen atoms in total. The molecule has 0 N–H and O–H groups in total. The fourth-order valence-electron chi connectivity index (χ4n) is 3.07. The molecule has 0 amide bonds. The number of esters is 1. The Bertz CT molecular complexity index is 829. The van der Waals surface area contributed by atoms with Crippen LogP contribution in [0.2, 0.25) is 0 Å². The summed E-state index contributed by atoms with van der Waals surface area (Å²) in [5.74, 6) is 0.150. The lowest BCUT2D eigenvalue weighted by Crippen LogP contribution is -2.31. The highest BCUT2D eigenvalue weighted by Gasteiger charge is 2.46. The van der Waals surface area contributed by atoms with E-state index in [4.69, 9.17) is 19.0 Å². The second-order valence-electron chi connectivity index (χ2n) is 5.90. The van der Waals surface area contributed by atoms with Crippen LogP contribution < -0.4 is 9.47 Å². The van der Waals surface area contributed by atoms with E-state index in [0.717, 1.165) is 5.56 Å². The van der Waals surface area contributed by atoms with Gasteiger partial charge in [-0.15, -0.1) is 0 Å². The van der Waals surface area contributed by atoms with Crippen LogP contribution >= 0.6 is 0 Å². The number of hydrogen-bond donors (Lipinski definition) is 0. The zero-order valence-electron chi connectivity index (χ0n) is 15.4. The Morgan fingerprint density at radius 1 is 1.04 bits per heavy atom. The molecule has 0 radical (unpaired) electrons. The van der Waals surface area contributed by atoms with E-state index in [-0.39, 0.29) is 6.61 Å². The molecular formula is C20H21NO6. The van der Waals surface area contributed by atoms with Gasteiger partial charge in [-0.2, -0.15) is 0 Å². The fourth-order valence-corrected chi connectivity index (χ4v) is 3.07. The summed E-state index contributed by atoms with van der Waals surface area (Å²) in [6.07, 6.45) is -1.06. The van der Waals surface area contributed by atoms with Gasteiger partial charge in [0.1, 0.15) is 17.4 Å². The second kappa shape index (κ2) is 7.99. The Hall–Kier alpha value is -3.22. The highest BCUT2D eigenvalue weighted by atomic mass is 16.9. The highest BCUT2D eigenvalue weighted by molar-refractivity contribution is 6.05. The van der Waals surface area contributed by atoms with Crippen LogP contribution in [0.1, 0.15) is 24.0 Å². The minimum atomic E-state index is -1.06. The van der Waals surface area contributed by atoms with Crippen molar-refractivity contribution in [2.75, 3.05) is 20.8 Å². The number of hydrogen-bond acceptors (Lipinski definition) is 6. The quantitative estimate of drug-likeness (QED) is 0.574. The van der Waals surface area contributed by atoms with Gasteiger partial charge in [0.15, 0.2) is 6.10 Å². The number of carbonyl (C=O) groups is 1. The van der Waals surface area contributed by atoms with Crippen LogP contribution in [-0.2, 0) is 14.4 Å². The van der Waals surface area contributed by atoms with Crippen molar-refractivity contribution in [2.45, 2.75) is 18.9 Å². The van der Waals surface area contributed by atoms with Crippen molar-refractivity contribution in [1.29, 1.82) is 0 Å². The van der Waals surface area contributed by atoms with Crippen LogP contribution in [-0.4, -0.2) is 43.5 Å². The van der Waals surface area contributed by atoms with Gasteiger partial charge in [-0.05, 0) is 48.9 Å². The third-order valence-electron chi connectivity index (χ3n) is 4.38. The predicted octanol–water partition coefficient (Wildman–Crippen LogP) is 2.66. The minimum absolute atomic E-state index is 0.199. The highest BCUT2D eigenvalue weighted by Crippen LogP contribution is 2.34. The zero-order chi connectivity index (χ0) is 19.4. The van der Waals surface area contributed by atoms with Crippen LogP contribution in [0.15, 0.2) is 48.5 Å². The monoisotopic (exact) mass is 371 g/mol. The Balaban J connectivity index is 2.04. The van der Waals surface area contributed by atoms with Gasteiger partial charge in [0.05, 0.1) is 20.8 Å². The summed E-state index contributed by atoms with van der Waals surface area (Å²) in [7, 11) is 3.14. The van der Waals surface area contributed by atoms with Crippen molar-refractivity contribution < 1.29 is 28.7 Å². The molecule has 27 heavy (non-hydrogen) atoms.